The number of carbonyl (C=O) groups is 2. The Morgan fingerprint density at radius 1 is 0.935 bits per heavy atom. The van der Waals surface area contributed by atoms with E-state index in [1.807, 2.05) is 49.4 Å². The van der Waals surface area contributed by atoms with Crippen molar-refractivity contribution in [1.29, 1.82) is 0 Å². The molecule has 3 aromatic rings. The number of nitrogens with one attached hydrogen (secondary N) is 1. The third-order valence-corrected chi connectivity index (χ3v) is 5.81. The zero-order valence-corrected chi connectivity index (χ0v) is 18.1. The second kappa shape index (κ2) is 9.27. The van der Waals surface area contributed by atoms with Crippen LogP contribution in [0.3, 0.4) is 0 Å². The van der Waals surface area contributed by atoms with Crippen molar-refractivity contribution in [2.24, 2.45) is 0 Å². The summed E-state index contributed by atoms with van der Waals surface area (Å²) in [6.07, 6.45) is 2.56. The maximum atomic E-state index is 12.8. The molecule has 1 amide bonds. The van der Waals surface area contributed by atoms with Crippen molar-refractivity contribution >= 4 is 11.7 Å². The Morgan fingerprint density at radius 3 is 2.26 bits per heavy atom. The Balaban J connectivity index is 1.39. The highest BCUT2D eigenvalue weighted by Crippen LogP contribution is 2.19. The minimum atomic E-state index is -0.611. The number of Topliss-reactive ketones (excluding diaryl/α,β-unsaturated/α-hetero) is 1. The van der Waals surface area contributed by atoms with Gasteiger partial charge in [-0.25, -0.2) is 4.68 Å². The zero-order valence-electron chi connectivity index (χ0n) is 18.1. The normalized spacial score (nSPS) is 14.0. The number of hydrogen-bond donors (Lipinski definition) is 1. The molecule has 1 aromatic heterocycles. The first-order chi connectivity index (χ1) is 15.0. The number of amides is 1. The van der Waals surface area contributed by atoms with Gasteiger partial charge in [0.2, 0.25) is 0 Å². The Hall–Kier alpha value is -3.25. The maximum Gasteiger partial charge on any atom is 0.292 e. The molecule has 0 radical (unpaired) electrons. The van der Waals surface area contributed by atoms with Gasteiger partial charge in [-0.2, -0.15) is 5.10 Å². The van der Waals surface area contributed by atoms with Crippen molar-refractivity contribution in [2.75, 3.05) is 13.1 Å². The van der Waals surface area contributed by atoms with Crippen LogP contribution in [0.1, 0.15) is 45.7 Å². The molecule has 2 heterocycles. The quantitative estimate of drug-likeness (QED) is 0.472. The molecular formula is C25H28N4O2. The van der Waals surface area contributed by atoms with E-state index in [9.17, 15) is 9.59 Å². The predicted octanol–water partition coefficient (Wildman–Crippen LogP) is 3.58. The van der Waals surface area contributed by atoms with E-state index < -0.39 is 11.7 Å². The lowest BCUT2D eigenvalue weighted by Crippen LogP contribution is -2.31. The van der Waals surface area contributed by atoms with E-state index in [2.05, 4.69) is 27.4 Å². The lowest BCUT2D eigenvalue weighted by atomic mass is 10.1. The number of rotatable bonds is 7. The van der Waals surface area contributed by atoms with Gasteiger partial charge in [0.05, 0.1) is 22.6 Å². The highest BCUT2D eigenvalue weighted by Gasteiger charge is 2.24. The molecule has 160 valence electrons. The summed E-state index contributed by atoms with van der Waals surface area (Å²) >= 11 is 0. The Kier molecular flexibility index (Phi) is 6.28. The first-order valence-electron chi connectivity index (χ1n) is 10.8. The lowest BCUT2D eigenvalue weighted by molar-refractivity contribution is -0.117. The second-order valence-electron chi connectivity index (χ2n) is 8.10. The molecule has 0 atom stereocenters. The van der Waals surface area contributed by atoms with E-state index >= 15 is 0 Å². The van der Waals surface area contributed by atoms with Gasteiger partial charge in [-0.05, 0) is 63.0 Å². The number of nitrogens with zero attached hydrogens (tertiary/aromatic N) is 3. The molecule has 0 aliphatic carbocycles. The van der Waals surface area contributed by atoms with E-state index in [4.69, 9.17) is 0 Å². The van der Waals surface area contributed by atoms with E-state index in [1.54, 1.807) is 11.6 Å². The fourth-order valence-corrected chi connectivity index (χ4v) is 4.13. The number of hydrogen-bond acceptors (Lipinski definition) is 4. The van der Waals surface area contributed by atoms with Crippen LogP contribution in [-0.2, 0) is 17.9 Å². The van der Waals surface area contributed by atoms with E-state index in [0.717, 1.165) is 17.8 Å². The number of likely N-dealkylation sites (tertiary alicyclic amines) is 1. The number of carbonyl (C=O) groups excluding carboxylic acids is 2. The molecular weight excluding hydrogens is 388 g/mol. The monoisotopic (exact) mass is 416 g/mol. The zero-order chi connectivity index (χ0) is 21.8. The first-order valence-corrected chi connectivity index (χ1v) is 10.8. The molecule has 1 saturated heterocycles. The molecule has 0 saturated carbocycles. The summed E-state index contributed by atoms with van der Waals surface area (Å²) in [6.45, 7) is 7.19. The summed E-state index contributed by atoms with van der Waals surface area (Å²) in [5.74, 6) is -1.16. The van der Waals surface area contributed by atoms with Crippen molar-refractivity contribution < 1.29 is 9.59 Å². The van der Waals surface area contributed by atoms with Crippen molar-refractivity contribution in [3.05, 3.63) is 82.7 Å². The van der Waals surface area contributed by atoms with Crippen molar-refractivity contribution in [3.63, 3.8) is 0 Å². The molecule has 0 spiro atoms. The molecule has 1 aliphatic heterocycles. The average Bonchev–Trinajstić information content (AvgIpc) is 3.40. The smallest absolute Gasteiger partial charge is 0.292 e. The molecule has 0 bridgehead atoms. The molecule has 0 unspecified atom stereocenters. The maximum absolute atomic E-state index is 12.8. The fourth-order valence-electron chi connectivity index (χ4n) is 4.13. The second-order valence-corrected chi connectivity index (χ2v) is 8.10. The molecule has 1 N–H and O–H groups in total. The molecule has 6 heteroatoms. The molecule has 1 aliphatic rings. The largest absolute Gasteiger partial charge is 0.345 e. The number of ketones is 1. The molecule has 31 heavy (non-hydrogen) atoms. The third-order valence-electron chi connectivity index (χ3n) is 5.81. The van der Waals surface area contributed by atoms with E-state index in [-0.39, 0.29) is 0 Å². The van der Waals surface area contributed by atoms with Gasteiger partial charge >= 0.3 is 0 Å². The highest BCUT2D eigenvalue weighted by molar-refractivity contribution is 6.43. The minimum Gasteiger partial charge on any atom is -0.345 e. The van der Waals surface area contributed by atoms with Crippen LogP contribution < -0.4 is 5.32 Å². The predicted molar refractivity (Wildman–Crippen MR) is 120 cm³/mol. The van der Waals surface area contributed by atoms with Gasteiger partial charge < -0.3 is 5.32 Å². The van der Waals surface area contributed by atoms with E-state index in [1.165, 1.54) is 31.5 Å². The summed E-state index contributed by atoms with van der Waals surface area (Å²) < 4.78 is 1.70. The minimum absolute atomic E-state index is 0.319. The Labute approximate surface area is 182 Å². The van der Waals surface area contributed by atoms with Crippen molar-refractivity contribution in [1.82, 2.24) is 20.0 Å². The SMILES string of the molecule is Cc1nn(-c2ccccc2)c(C)c1C(=O)C(=O)NCc1ccc(CN2CCCC2)cc1. The van der Waals surface area contributed by atoms with Gasteiger partial charge in [0.15, 0.2) is 0 Å². The van der Waals surface area contributed by atoms with Gasteiger partial charge in [0.1, 0.15) is 0 Å². The van der Waals surface area contributed by atoms with Crippen LogP contribution in [0.5, 0.6) is 0 Å². The molecule has 1 fully saturated rings. The summed E-state index contributed by atoms with van der Waals surface area (Å²) in [4.78, 5) is 27.8. The van der Waals surface area contributed by atoms with E-state index in [0.29, 0.717) is 23.5 Å². The lowest BCUT2D eigenvalue weighted by Gasteiger charge is -2.14. The van der Waals surface area contributed by atoms with Crippen LogP contribution in [0.25, 0.3) is 5.69 Å². The standard InChI is InChI=1S/C25H28N4O2/c1-18-23(19(2)29(27-18)22-8-4-3-5-9-22)24(30)25(31)26-16-20-10-12-21(13-11-20)17-28-14-6-7-15-28/h3-5,8-13H,6-7,14-17H2,1-2H3,(H,26,31). The highest BCUT2D eigenvalue weighted by atomic mass is 16.2. The van der Waals surface area contributed by atoms with Crippen LogP contribution in [0.4, 0.5) is 0 Å². The van der Waals surface area contributed by atoms with Gasteiger partial charge in [-0.1, -0.05) is 42.5 Å². The van der Waals surface area contributed by atoms with Gasteiger partial charge in [-0.15, -0.1) is 0 Å². The average molecular weight is 417 g/mol. The van der Waals surface area contributed by atoms with Crippen molar-refractivity contribution in [3.8, 4) is 5.69 Å². The van der Waals surface area contributed by atoms with Gasteiger partial charge in [-0.3, -0.25) is 14.5 Å². The van der Waals surface area contributed by atoms with Crippen LogP contribution in [0.2, 0.25) is 0 Å². The molecule has 6 nitrogen and oxygen atoms in total. The first kappa shape index (κ1) is 21.0. The number of para-hydroxylation sites is 1. The summed E-state index contributed by atoms with van der Waals surface area (Å²) in [5.41, 5.74) is 4.68. The summed E-state index contributed by atoms with van der Waals surface area (Å²) in [6, 6.07) is 17.8. The van der Waals surface area contributed by atoms with Crippen LogP contribution >= 0.6 is 0 Å². The van der Waals surface area contributed by atoms with Crippen LogP contribution in [0, 0.1) is 13.8 Å². The topological polar surface area (TPSA) is 67.2 Å². The van der Waals surface area contributed by atoms with Crippen LogP contribution in [-0.4, -0.2) is 39.5 Å². The van der Waals surface area contributed by atoms with Gasteiger partial charge in [0, 0.05) is 13.1 Å². The van der Waals surface area contributed by atoms with Crippen molar-refractivity contribution in [2.45, 2.75) is 39.8 Å². The summed E-state index contributed by atoms with van der Waals surface area (Å²) in [5, 5.41) is 7.22. The molecule has 2 aromatic carbocycles. The van der Waals surface area contributed by atoms with Crippen LogP contribution in [0.15, 0.2) is 54.6 Å². The molecule has 4 rings (SSSR count). The fraction of sp³-hybridized carbons (Fsp3) is 0.320. The number of aryl methyl sites for hydroxylation is 1. The summed E-state index contributed by atoms with van der Waals surface area (Å²) in [7, 11) is 0. The van der Waals surface area contributed by atoms with Gasteiger partial charge in [0.25, 0.3) is 11.7 Å². The number of aromatic nitrogens is 2. The number of benzene rings is 2. The Bertz CT molecular complexity index is 1060. The Morgan fingerprint density at radius 2 is 1.58 bits per heavy atom. The third kappa shape index (κ3) is 4.75.